The second-order valence-corrected chi connectivity index (χ2v) is 10.1. The molecule has 1 N–H and O–H groups in total. The third-order valence-corrected chi connectivity index (χ3v) is 6.93. The Kier molecular flexibility index (Phi) is 12.5. The fourth-order valence-corrected chi connectivity index (χ4v) is 4.27. The van der Waals surface area contributed by atoms with Crippen molar-refractivity contribution in [1.29, 1.82) is 0 Å². The van der Waals surface area contributed by atoms with E-state index in [9.17, 15) is 0 Å². The predicted octanol–water partition coefficient (Wildman–Crippen LogP) is 8.66. The molecule has 3 heteroatoms. The van der Waals surface area contributed by atoms with E-state index in [4.69, 9.17) is 0 Å². The standard InChI is InChI=1S/C23H39N3.C7H12/c1-9-15-24-20(8)23(10-2,11-3)14-16-26-22(13-12-18(4)5)21(17-25-26)19(6)7;1-3-7-4-6(2)5-7/h14,16-18,24H,6,8-13,15H2,1-5,7H3;4,7H,3,5H2,1-2H3/b16-14+;. The van der Waals surface area contributed by atoms with Crippen LogP contribution in [0.5, 0.6) is 0 Å². The summed E-state index contributed by atoms with van der Waals surface area (Å²) < 4.78 is 2.04. The minimum atomic E-state index is -0.0418. The summed E-state index contributed by atoms with van der Waals surface area (Å²) in [4.78, 5) is 0. The van der Waals surface area contributed by atoms with Gasteiger partial charge in [-0.2, -0.15) is 5.10 Å². The molecule has 0 saturated heterocycles. The van der Waals surface area contributed by atoms with E-state index in [1.807, 2.05) is 10.9 Å². The third-order valence-electron chi connectivity index (χ3n) is 6.93. The largest absolute Gasteiger partial charge is 0.388 e. The van der Waals surface area contributed by atoms with E-state index >= 15 is 0 Å². The van der Waals surface area contributed by atoms with Gasteiger partial charge >= 0.3 is 0 Å². The van der Waals surface area contributed by atoms with Gasteiger partial charge in [-0.05, 0) is 76.2 Å². The molecule has 0 fully saturated rings. The first-order chi connectivity index (χ1) is 15.6. The zero-order valence-corrected chi connectivity index (χ0v) is 22.9. The van der Waals surface area contributed by atoms with Crippen molar-refractivity contribution in [3.63, 3.8) is 0 Å². The number of allylic oxidation sites excluding steroid dienone is 4. The van der Waals surface area contributed by atoms with E-state index in [2.05, 4.69) is 97.3 Å². The highest BCUT2D eigenvalue weighted by Gasteiger charge is 2.26. The lowest BCUT2D eigenvalue weighted by molar-refractivity contribution is 0.398. The first-order valence-electron chi connectivity index (χ1n) is 13.2. The van der Waals surface area contributed by atoms with Gasteiger partial charge in [0, 0.05) is 29.4 Å². The number of nitrogens with one attached hydrogen (secondary N) is 1. The average molecular weight is 454 g/mol. The van der Waals surface area contributed by atoms with Gasteiger partial charge in [-0.1, -0.05) is 72.4 Å². The lowest BCUT2D eigenvalue weighted by atomic mass is 9.79. The molecule has 0 bridgehead atoms. The molecule has 186 valence electrons. The molecule has 2 rings (SSSR count). The lowest BCUT2D eigenvalue weighted by Crippen LogP contribution is -2.29. The summed E-state index contributed by atoms with van der Waals surface area (Å²) in [5.41, 5.74) is 6.16. The van der Waals surface area contributed by atoms with Crippen molar-refractivity contribution in [1.82, 2.24) is 15.1 Å². The van der Waals surface area contributed by atoms with Gasteiger partial charge in [-0.3, -0.25) is 0 Å². The Hall–Kier alpha value is -2.03. The van der Waals surface area contributed by atoms with Crippen molar-refractivity contribution in [2.45, 2.75) is 100 Å². The molecule has 1 aromatic heterocycles. The van der Waals surface area contributed by atoms with Crippen LogP contribution in [0.3, 0.4) is 0 Å². The topological polar surface area (TPSA) is 29.9 Å². The molecule has 0 saturated carbocycles. The number of aromatic nitrogens is 2. The summed E-state index contributed by atoms with van der Waals surface area (Å²) in [6.07, 6.45) is 16.7. The summed E-state index contributed by atoms with van der Waals surface area (Å²) in [6.45, 7) is 27.1. The summed E-state index contributed by atoms with van der Waals surface area (Å²) in [6, 6.07) is 0. The van der Waals surface area contributed by atoms with Gasteiger partial charge in [-0.25, -0.2) is 4.68 Å². The maximum Gasteiger partial charge on any atom is 0.0571 e. The van der Waals surface area contributed by atoms with Gasteiger partial charge in [0.25, 0.3) is 0 Å². The zero-order chi connectivity index (χ0) is 25.0. The summed E-state index contributed by atoms with van der Waals surface area (Å²) in [5.74, 6) is 1.60. The first-order valence-corrected chi connectivity index (χ1v) is 13.2. The normalized spacial score (nSPS) is 15.7. The van der Waals surface area contributed by atoms with Gasteiger partial charge in [-0.15, -0.1) is 0 Å². The molecular weight excluding hydrogens is 402 g/mol. The Morgan fingerprint density at radius 1 is 1.24 bits per heavy atom. The van der Waals surface area contributed by atoms with Crippen LogP contribution >= 0.6 is 0 Å². The molecule has 0 radical (unpaired) electrons. The van der Waals surface area contributed by atoms with Gasteiger partial charge < -0.3 is 5.32 Å². The summed E-state index contributed by atoms with van der Waals surface area (Å²) in [5, 5.41) is 8.13. The molecule has 1 aromatic rings. The van der Waals surface area contributed by atoms with Crippen LogP contribution in [-0.4, -0.2) is 16.3 Å². The molecule has 0 aliphatic heterocycles. The Labute approximate surface area is 205 Å². The highest BCUT2D eigenvalue weighted by atomic mass is 15.3. The van der Waals surface area contributed by atoms with Gasteiger partial charge in [0.2, 0.25) is 0 Å². The number of hydrogen-bond donors (Lipinski definition) is 1. The lowest BCUT2D eigenvalue weighted by Gasteiger charge is -2.31. The Morgan fingerprint density at radius 2 is 1.88 bits per heavy atom. The van der Waals surface area contributed by atoms with Gasteiger partial charge in [0.05, 0.1) is 11.9 Å². The maximum absolute atomic E-state index is 4.63. The molecule has 3 nitrogen and oxygen atoms in total. The molecule has 0 aromatic carbocycles. The van der Waals surface area contributed by atoms with Crippen molar-refractivity contribution in [3.05, 3.63) is 54.0 Å². The van der Waals surface area contributed by atoms with Crippen LogP contribution in [0.25, 0.3) is 11.8 Å². The van der Waals surface area contributed by atoms with E-state index in [1.54, 1.807) is 5.57 Å². The minimum Gasteiger partial charge on any atom is -0.388 e. The SMILES string of the molecule is C=C(C)c1cnn(/C=C/C(CC)(CC)C(=C)NCCC)c1CCC(C)C.CCC1C=C(C)C1. The Balaban J connectivity index is 0.000000657. The third kappa shape index (κ3) is 8.68. The second kappa shape index (κ2) is 14.3. The monoisotopic (exact) mass is 453 g/mol. The minimum absolute atomic E-state index is 0.0418. The fourth-order valence-electron chi connectivity index (χ4n) is 4.27. The molecular formula is C30H51N3. The molecule has 0 amide bonds. The average Bonchev–Trinajstić information content (AvgIpc) is 3.18. The van der Waals surface area contributed by atoms with Crippen molar-refractivity contribution in [2.75, 3.05) is 6.54 Å². The van der Waals surface area contributed by atoms with E-state index in [1.165, 1.54) is 24.1 Å². The van der Waals surface area contributed by atoms with Crippen molar-refractivity contribution in [3.8, 4) is 0 Å². The molecule has 33 heavy (non-hydrogen) atoms. The van der Waals surface area contributed by atoms with E-state index < -0.39 is 0 Å². The van der Waals surface area contributed by atoms with Crippen LogP contribution in [0.15, 0.2) is 42.8 Å². The highest BCUT2D eigenvalue weighted by molar-refractivity contribution is 5.63. The molecule has 1 aliphatic carbocycles. The maximum atomic E-state index is 4.63. The van der Waals surface area contributed by atoms with Crippen LogP contribution in [-0.2, 0) is 6.42 Å². The van der Waals surface area contributed by atoms with Crippen LogP contribution < -0.4 is 5.32 Å². The molecule has 1 unspecified atom stereocenters. The fraction of sp³-hybridized carbons (Fsp3) is 0.633. The molecule has 1 atom stereocenters. The van der Waals surface area contributed by atoms with Crippen molar-refractivity contribution >= 4 is 11.8 Å². The number of hydrogen-bond acceptors (Lipinski definition) is 2. The molecule has 0 spiro atoms. The molecule has 1 heterocycles. The van der Waals surface area contributed by atoms with Gasteiger partial charge in [0.15, 0.2) is 0 Å². The van der Waals surface area contributed by atoms with Crippen molar-refractivity contribution < 1.29 is 0 Å². The predicted molar refractivity (Wildman–Crippen MR) is 148 cm³/mol. The Bertz CT molecular complexity index is 803. The number of rotatable bonds is 13. The van der Waals surface area contributed by atoms with Crippen LogP contribution in [0.4, 0.5) is 0 Å². The van der Waals surface area contributed by atoms with Crippen LogP contribution in [0, 0.1) is 17.3 Å². The molecule has 1 aliphatic rings. The van der Waals surface area contributed by atoms with Gasteiger partial charge in [0.1, 0.15) is 0 Å². The van der Waals surface area contributed by atoms with E-state index in [-0.39, 0.29) is 5.41 Å². The Morgan fingerprint density at radius 3 is 2.30 bits per heavy atom. The first kappa shape index (κ1) is 29.0. The van der Waals surface area contributed by atoms with Crippen molar-refractivity contribution in [2.24, 2.45) is 17.3 Å². The zero-order valence-electron chi connectivity index (χ0n) is 22.9. The van der Waals surface area contributed by atoms with E-state index in [0.717, 1.165) is 55.8 Å². The summed E-state index contributed by atoms with van der Waals surface area (Å²) >= 11 is 0. The quantitative estimate of drug-likeness (QED) is 0.303. The summed E-state index contributed by atoms with van der Waals surface area (Å²) in [7, 11) is 0. The van der Waals surface area contributed by atoms with Crippen LogP contribution in [0.2, 0.25) is 0 Å². The second-order valence-electron chi connectivity index (χ2n) is 10.1. The highest BCUT2D eigenvalue weighted by Crippen LogP contribution is 2.35. The smallest absolute Gasteiger partial charge is 0.0571 e. The number of nitrogens with zero attached hydrogens (tertiary/aromatic N) is 2. The van der Waals surface area contributed by atoms with Crippen LogP contribution in [0.1, 0.15) is 105 Å². The van der Waals surface area contributed by atoms with E-state index in [0.29, 0.717) is 5.92 Å².